The number of rotatable bonds is 2. The molecule has 0 atom stereocenters. The van der Waals surface area contributed by atoms with Gasteiger partial charge in [-0.05, 0) is 17.7 Å². The van der Waals surface area contributed by atoms with Crippen molar-refractivity contribution in [2.24, 2.45) is 0 Å². The van der Waals surface area contributed by atoms with Crippen LogP contribution in [0.1, 0.15) is 11.1 Å². The Morgan fingerprint density at radius 1 is 1.17 bits per heavy atom. The first-order valence-electron chi connectivity index (χ1n) is 5.56. The van der Waals surface area contributed by atoms with Gasteiger partial charge in [-0.15, -0.1) is 0 Å². The highest BCUT2D eigenvalue weighted by Crippen LogP contribution is 2.17. The second-order valence-corrected chi connectivity index (χ2v) is 4.04. The van der Waals surface area contributed by atoms with E-state index >= 15 is 0 Å². The SMILES string of the molecule is Nc1ccnc2c(Cc3ccccc3F)cnn12. The summed E-state index contributed by atoms with van der Waals surface area (Å²) >= 11 is 0. The maximum atomic E-state index is 13.6. The van der Waals surface area contributed by atoms with Gasteiger partial charge in [0.1, 0.15) is 11.6 Å². The Bertz CT molecular complexity index is 705. The van der Waals surface area contributed by atoms with Crippen LogP contribution in [0.3, 0.4) is 0 Å². The van der Waals surface area contributed by atoms with E-state index in [0.29, 0.717) is 23.4 Å². The van der Waals surface area contributed by atoms with E-state index in [1.807, 2.05) is 6.07 Å². The molecule has 0 unspecified atom stereocenters. The number of fused-ring (bicyclic) bond motifs is 1. The molecule has 0 saturated heterocycles. The average molecular weight is 242 g/mol. The number of aromatic nitrogens is 3. The van der Waals surface area contributed by atoms with Crippen molar-refractivity contribution < 1.29 is 4.39 Å². The minimum Gasteiger partial charge on any atom is -0.384 e. The van der Waals surface area contributed by atoms with Crippen molar-refractivity contribution in [1.82, 2.24) is 14.6 Å². The van der Waals surface area contributed by atoms with Crippen LogP contribution in [0.2, 0.25) is 0 Å². The van der Waals surface area contributed by atoms with E-state index in [0.717, 1.165) is 5.56 Å². The predicted molar refractivity (Wildman–Crippen MR) is 66.6 cm³/mol. The molecule has 0 spiro atoms. The molecule has 4 nitrogen and oxygen atoms in total. The van der Waals surface area contributed by atoms with Gasteiger partial charge in [0, 0.05) is 18.2 Å². The molecule has 0 fully saturated rings. The first-order valence-corrected chi connectivity index (χ1v) is 5.56. The quantitative estimate of drug-likeness (QED) is 0.748. The minimum absolute atomic E-state index is 0.222. The lowest BCUT2D eigenvalue weighted by Crippen LogP contribution is -1.99. The molecule has 0 aliphatic rings. The molecule has 0 radical (unpaired) electrons. The predicted octanol–water partition coefficient (Wildman–Crippen LogP) is 2.04. The van der Waals surface area contributed by atoms with Crippen LogP contribution in [-0.2, 0) is 6.42 Å². The number of nitrogens with two attached hydrogens (primary N) is 1. The fraction of sp³-hybridized carbons (Fsp3) is 0.0769. The molecule has 0 saturated carbocycles. The van der Waals surface area contributed by atoms with E-state index in [2.05, 4.69) is 10.1 Å². The van der Waals surface area contributed by atoms with Crippen molar-refractivity contribution in [2.45, 2.75) is 6.42 Å². The molecule has 2 aromatic heterocycles. The zero-order chi connectivity index (χ0) is 12.5. The van der Waals surface area contributed by atoms with Crippen molar-refractivity contribution >= 4 is 11.5 Å². The van der Waals surface area contributed by atoms with Gasteiger partial charge < -0.3 is 5.73 Å². The van der Waals surface area contributed by atoms with E-state index in [9.17, 15) is 4.39 Å². The van der Waals surface area contributed by atoms with Gasteiger partial charge in [0.2, 0.25) is 0 Å². The Morgan fingerprint density at radius 3 is 2.83 bits per heavy atom. The van der Waals surface area contributed by atoms with Gasteiger partial charge in [0.25, 0.3) is 0 Å². The maximum absolute atomic E-state index is 13.6. The third kappa shape index (κ3) is 1.69. The topological polar surface area (TPSA) is 56.2 Å². The molecule has 0 amide bonds. The third-order valence-corrected chi connectivity index (χ3v) is 2.84. The monoisotopic (exact) mass is 242 g/mol. The number of halogens is 1. The van der Waals surface area contributed by atoms with Gasteiger partial charge in [-0.1, -0.05) is 18.2 Å². The molecule has 0 aliphatic carbocycles. The molecular weight excluding hydrogens is 231 g/mol. The molecule has 2 heterocycles. The highest BCUT2D eigenvalue weighted by molar-refractivity contribution is 5.52. The molecule has 5 heteroatoms. The standard InChI is InChI=1S/C13H11FN4/c14-11-4-2-1-3-9(11)7-10-8-17-18-12(15)5-6-16-13(10)18/h1-6,8H,7,15H2. The number of nitrogens with zero attached hydrogens (tertiary/aromatic N) is 3. The molecule has 90 valence electrons. The van der Waals surface area contributed by atoms with Crippen LogP contribution in [0.25, 0.3) is 5.65 Å². The smallest absolute Gasteiger partial charge is 0.160 e. The maximum Gasteiger partial charge on any atom is 0.160 e. The number of benzene rings is 1. The summed E-state index contributed by atoms with van der Waals surface area (Å²) in [4.78, 5) is 4.23. The van der Waals surface area contributed by atoms with Crippen LogP contribution in [0, 0.1) is 5.82 Å². The Labute approximate surface area is 103 Å². The summed E-state index contributed by atoms with van der Waals surface area (Å²) < 4.78 is 15.1. The van der Waals surface area contributed by atoms with Gasteiger partial charge >= 0.3 is 0 Å². The zero-order valence-corrected chi connectivity index (χ0v) is 9.55. The van der Waals surface area contributed by atoms with Crippen LogP contribution in [0.5, 0.6) is 0 Å². The molecular formula is C13H11FN4. The Morgan fingerprint density at radius 2 is 2.00 bits per heavy atom. The molecule has 2 N–H and O–H groups in total. The van der Waals surface area contributed by atoms with E-state index in [4.69, 9.17) is 5.73 Å². The van der Waals surface area contributed by atoms with E-state index in [-0.39, 0.29) is 5.82 Å². The van der Waals surface area contributed by atoms with Crippen LogP contribution >= 0.6 is 0 Å². The summed E-state index contributed by atoms with van der Waals surface area (Å²) in [7, 11) is 0. The molecule has 3 rings (SSSR count). The average Bonchev–Trinajstić information content (AvgIpc) is 2.77. The van der Waals surface area contributed by atoms with Crippen molar-refractivity contribution in [3.05, 3.63) is 59.7 Å². The highest BCUT2D eigenvalue weighted by atomic mass is 19.1. The summed E-state index contributed by atoms with van der Waals surface area (Å²) in [6.07, 6.45) is 3.74. The lowest BCUT2D eigenvalue weighted by atomic mass is 10.1. The number of anilines is 1. The van der Waals surface area contributed by atoms with E-state index < -0.39 is 0 Å². The lowest BCUT2D eigenvalue weighted by Gasteiger charge is -2.02. The molecule has 1 aromatic carbocycles. The Hall–Kier alpha value is -2.43. The third-order valence-electron chi connectivity index (χ3n) is 2.84. The Kier molecular flexibility index (Phi) is 2.44. The first kappa shape index (κ1) is 10.7. The van der Waals surface area contributed by atoms with E-state index in [1.54, 1.807) is 35.1 Å². The summed E-state index contributed by atoms with van der Waals surface area (Å²) in [5, 5.41) is 4.15. The van der Waals surface area contributed by atoms with E-state index in [1.165, 1.54) is 6.07 Å². The van der Waals surface area contributed by atoms with Gasteiger partial charge in [-0.2, -0.15) is 9.61 Å². The fourth-order valence-corrected chi connectivity index (χ4v) is 1.93. The van der Waals surface area contributed by atoms with Gasteiger partial charge in [-0.25, -0.2) is 9.37 Å². The van der Waals surface area contributed by atoms with Crippen LogP contribution < -0.4 is 5.73 Å². The van der Waals surface area contributed by atoms with Crippen LogP contribution in [0.15, 0.2) is 42.7 Å². The highest BCUT2D eigenvalue weighted by Gasteiger charge is 2.09. The lowest BCUT2D eigenvalue weighted by molar-refractivity contribution is 0.614. The molecule has 0 aliphatic heterocycles. The van der Waals surface area contributed by atoms with Gasteiger partial charge in [-0.3, -0.25) is 0 Å². The number of nitrogen functional groups attached to an aromatic ring is 1. The van der Waals surface area contributed by atoms with Gasteiger partial charge in [0.05, 0.1) is 6.20 Å². The summed E-state index contributed by atoms with van der Waals surface area (Å²) in [5.74, 6) is 0.292. The summed E-state index contributed by atoms with van der Waals surface area (Å²) in [6, 6.07) is 8.36. The second-order valence-electron chi connectivity index (χ2n) is 4.04. The fourth-order valence-electron chi connectivity index (χ4n) is 1.93. The van der Waals surface area contributed by atoms with Gasteiger partial charge in [0.15, 0.2) is 5.65 Å². The zero-order valence-electron chi connectivity index (χ0n) is 9.55. The number of hydrogen-bond acceptors (Lipinski definition) is 3. The summed E-state index contributed by atoms with van der Waals surface area (Å²) in [6.45, 7) is 0. The first-order chi connectivity index (χ1) is 8.75. The van der Waals surface area contributed by atoms with Crippen molar-refractivity contribution in [3.63, 3.8) is 0 Å². The Balaban J connectivity index is 2.06. The normalized spacial score (nSPS) is 10.9. The molecule has 3 aromatic rings. The number of hydrogen-bond donors (Lipinski definition) is 1. The van der Waals surface area contributed by atoms with Crippen LogP contribution in [0.4, 0.5) is 10.2 Å². The molecule has 18 heavy (non-hydrogen) atoms. The second kappa shape index (κ2) is 4.10. The minimum atomic E-state index is -0.222. The van der Waals surface area contributed by atoms with Crippen molar-refractivity contribution in [3.8, 4) is 0 Å². The van der Waals surface area contributed by atoms with Crippen LogP contribution in [-0.4, -0.2) is 14.6 Å². The summed E-state index contributed by atoms with van der Waals surface area (Å²) in [5.41, 5.74) is 7.92. The largest absolute Gasteiger partial charge is 0.384 e. The van der Waals surface area contributed by atoms with Crippen molar-refractivity contribution in [2.75, 3.05) is 5.73 Å². The van der Waals surface area contributed by atoms with Crippen molar-refractivity contribution in [1.29, 1.82) is 0 Å². The molecule has 0 bridgehead atoms.